The first-order chi connectivity index (χ1) is 9.70. The zero-order valence-corrected chi connectivity index (χ0v) is 13.5. The fraction of sp³-hybridized carbons (Fsp3) is 0.400. The van der Waals surface area contributed by atoms with E-state index in [9.17, 15) is 0 Å². The summed E-state index contributed by atoms with van der Waals surface area (Å²) < 4.78 is 8.76. The lowest BCUT2D eigenvalue weighted by Crippen LogP contribution is -2.13. The molecule has 108 valence electrons. The number of para-hydroxylation sites is 1. The molecular formula is C15H20BrN3O. The highest BCUT2D eigenvalue weighted by Crippen LogP contribution is 2.29. The molecule has 2 aromatic rings. The first kappa shape index (κ1) is 15.1. The lowest BCUT2D eigenvalue weighted by Gasteiger charge is -2.13. The molecule has 0 aliphatic rings. The average Bonchev–Trinajstić information content (AvgIpc) is 2.84. The van der Waals surface area contributed by atoms with Crippen LogP contribution in [-0.4, -0.2) is 22.9 Å². The van der Waals surface area contributed by atoms with Crippen molar-refractivity contribution in [3.8, 4) is 5.75 Å². The van der Waals surface area contributed by atoms with Crippen molar-refractivity contribution in [2.75, 3.05) is 13.2 Å². The van der Waals surface area contributed by atoms with Gasteiger partial charge in [0.05, 0.1) is 17.3 Å². The summed E-state index contributed by atoms with van der Waals surface area (Å²) in [6.45, 7) is 4.51. The van der Waals surface area contributed by atoms with E-state index < -0.39 is 0 Å². The number of benzene rings is 1. The van der Waals surface area contributed by atoms with E-state index in [1.807, 2.05) is 36.3 Å². The number of nitrogens with zero attached hydrogens (tertiary/aromatic N) is 2. The van der Waals surface area contributed by atoms with Crippen molar-refractivity contribution in [3.63, 3.8) is 0 Å². The predicted molar refractivity (Wildman–Crippen MR) is 83.9 cm³/mol. The van der Waals surface area contributed by atoms with Crippen LogP contribution in [-0.2, 0) is 20.0 Å². The van der Waals surface area contributed by atoms with Crippen LogP contribution in [0.5, 0.6) is 5.75 Å². The molecule has 0 radical (unpaired) electrons. The molecule has 0 saturated carbocycles. The topological polar surface area (TPSA) is 39.1 Å². The smallest absolute Gasteiger partial charge is 0.137 e. The van der Waals surface area contributed by atoms with E-state index in [2.05, 4.69) is 39.3 Å². The summed E-state index contributed by atoms with van der Waals surface area (Å²) in [7, 11) is 1.92. The van der Waals surface area contributed by atoms with Crippen LogP contribution >= 0.6 is 15.9 Å². The second-order valence-corrected chi connectivity index (χ2v) is 5.48. The summed E-state index contributed by atoms with van der Waals surface area (Å²) in [5.74, 6) is 0.928. The van der Waals surface area contributed by atoms with E-state index in [-0.39, 0.29) is 0 Å². The lowest BCUT2D eigenvalue weighted by molar-refractivity contribution is 0.316. The number of halogens is 1. The van der Waals surface area contributed by atoms with Gasteiger partial charge in [0.25, 0.3) is 0 Å². The first-order valence-corrected chi connectivity index (χ1v) is 7.58. The number of nitrogens with one attached hydrogen (secondary N) is 1. The molecule has 0 atom stereocenters. The van der Waals surface area contributed by atoms with Gasteiger partial charge in [-0.2, -0.15) is 5.10 Å². The van der Waals surface area contributed by atoms with E-state index in [0.29, 0.717) is 6.61 Å². The van der Waals surface area contributed by atoms with Crippen LogP contribution in [0.25, 0.3) is 0 Å². The number of aromatic nitrogens is 2. The van der Waals surface area contributed by atoms with Gasteiger partial charge in [-0.05, 0) is 34.1 Å². The predicted octanol–water partition coefficient (Wildman–Crippen LogP) is 2.91. The SMILES string of the molecule is CCNCc1cccc(Br)c1OCCc1cnn(C)c1. The van der Waals surface area contributed by atoms with Gasteiger partial charge < -0.3 is 10.1 Å². The maximum Gasteiger partial charge on any atom is 0.137 e. The number of hydrogen-bond donors (Lipinski definition) is 1. The Bertz CT molecular complexity index is 554. The van der Waals surface area contributed by atoms with Gasteiger partial charge in [0.1, 0.15) is 5.75 Å². The Labute approximate surface area is 128 Å². The van der Waals surface area contributed by atoms with Crippen molar-refractivity contribution in [1.29, 1.82) is 0 Å². The minimum Gasteiger partial charge on any atom is -0.492 e. The highest BCUT2D eigenvalue weighted by molar-refractivity contribution is 9.10. The van der Waals surface area contributed by atoms with Gasteiger partial charge in [-0.3, -0.25) is 4.68 Å². The quantitative estimate of drug-likeness (QED) is 0.844. The molecule has 4 nitrogen and oxygen atoms in total. The summed E-state index contributed by atoms with van der Waals surface area (Å²) in [6, 6.07) is 6.13. The zero-order chi connectivity index (χ0) is 14.4. The Kier molecular flexibility index (Phi) is 5.61. The van der Waals surface area contributed by atoms with Crippen LogP contribution < -0.4 is 10.1 Å². The summed E-state index contributed by atoms with van der Waals surface area (Å²) >= 11 is 3.56. The number of ether oxygens (including phenoxy) is 1. The lowest BCUT2D eigenvalue weighted by atomic mass is 10.2. The van der Waals surface area contributed by atoms with Gasteiger partial charge in [-0.1, -0.05) is 19.1 Å². The molecule has 0 aliphatic heterocycles. The number of aryl methyl sites for hydroxylation is 1. The van der Waals surface area contributed by atoms with Gasteiger partial charge in [-0.15, -0.1) is 0 Å². The molecule has 1 N–H and O–H groups in total. The normalized spacial score (nSPS) is 10.8. The molecular weight excluding hydrogens is 318 g/mol. The molecule has 1 heterocycles. The maximum absolute atomic E-state index is 5.95. The molecule has 0 unspecified atom stereocenters. The fourth-order valence-corrected chi connectivity index (χ4v) is 2.51. The molecule has 0 fully saturated rings. The van der Waals surface area contributed by atoms with Crippen LogP contribution in [0.1, 0.15) is 18.1 Å². The Morgan fingerprint density at radius 1 is 1.40 bits per heavy atom. The van der Waals surface area contributed by atoms with Crippen molar-refractivity contribution >= 4 is 15.9 Å². The summed E-state index contributed by atoms with van der Waals surface area (Å²) in [4.78, 5) is 0. The third-order valence-electron chi connectivity index (χ3n) is 3.01. The summed E-state index contributed by atoms with van der Waals surface area (Å²) in [6.07, 6.45) is 4.75. The molecule has 5 heteroatoms. The van der Waals surface area contributed by atoms with Crippen LogP contribution in [0.2, 0.25) is 0 Å². The van der Waals surface area contributed by atoms with Crippen LogP contribution in [0.15, 0.2) is 35.1 Å². The van der Waals surface area contributed by atoms with Crippen molar-refractivity contribution in [2.24, 2.45) is 7.05 Å². The Hall–Kier alpha value is -1.33. The molecule has 0 spiro atoms. The standard InChI is InChI=1S/C15H20BrN3O/c1-3-17-10-13-5-4-6-14(16)15(13)20-8-7-12-9-18-19(2)11-12/h4-6,9,11,17H,3,7-8,10H2,1-2H3. The summed E-state index contributed by atoms with van der Waals surface area (Å²) in [5, 5.41) is 7.49. The van der Waals surface area contributed by atoms with E-state index in [1.165, 1.54) is 11.1 Å². The Morgan fingerprint density at radius 2 is 2.25 bits per heavy atom. The second-order valence-electron chi connectivity index (χ2n) is 4.63. The van der Waals surface area contributed by atoms with Gasteiger partial charge in [0.15, 0.2) is 0 Å². The largest absolute Gasteiger partial charge is 0.492 e. The van der Waals surface area contributed by atoms with Gasteiger partial charge in [0, 0.05) is 31.8 Å². The molecule has 0 aliphatic carbocycles. The Morgan fingerprint density at radius 3 is 2.95 bits per heavy atom. The highest BCUT2D eigenvalue weighted by atomic mass is 79.9. The highest BCUT2D eigenvalue weighted by Gasteiger charge is 2.08. The van der Waals surface area contributed by atoms with Crippen molar-refractivity contribution in [3.05, 3.63) is 46.2 Å². The van der Waals surface area contributed by atoms with Gasteiger partial charge in [-0.25, -0.2) is 0 Å². The third kappa shape index (κ3) is 4.08. The molecule has 0 amide bonds. The van der Waals surface area contributed by atoms with E-state index >= 15 is 0 Å². The van der Waals surface area contributed by atoms with Gasteiger partial charge >= 0.3 is 0 Å². The van der Waals surface area contributed by atoms with Gasteiger partial charge in [0.2, 0.25) is 0 Å². The fourth-order valence-electron chi connectivity index (χ4n) is 1.99. The average molecular weight is 338 g/mol. The minimum atomic E-state index is 0.646. The molecule has 0 saturated heterocycles. The number of hydrogen-bond acceptors (Lipinski definition) is 3. The van der Waals surface area contributed by atoms with Crippen molar-refractivity contribution in [2.45, 2.75) is 19.9 Å². The van der Waals surface area contributed by atoms with E-state index in [0.717, 1.165) is 29.7 Å². The number of rotatable bonds is 7. The van der Waals surface area contributed by atoms with Crippen LogP contribution in [0, 0.1) is 0 Å². The Balaban J connectivity index is 1.97. The second kappa shape index (κ2) is 7.45. The zero-order valence-electron chi connectivity index (χ0n) is 11.9. The minimum absolute atomic E-state index is 0.646. The molecule has 0 bridgehead atoms. The van der Waals surface area contributed by atoms with E-state index in [4.69, 9.17) is 4.74 Å². The summed E-state index contributed by atoms with van der Waals surface area (Å²) in [5.41, 5.74) is 2.36. The van der Waals surface area contributed by atoms with E-state index in [1.54, 1.807) is 0 Å². The van der Waals surface area contributed by atoms with Crippen molar-refractivity contribution < 1.29 is 4.74 Å². The molecule has 20 heavy (non-hydrogen) atoms. The van der Waals surface area contributed by atoms with Crippen LogP contribution in [0.3, 0.4) is 0 Å². The maximum atomic E-state index is 5.95. The monoisotopic (exact) mass is 337 g/mol. The molecule has 1 aromatic heterocycles. The third-order valence-corrected chi connectivity index (χ3v) is 3.63. The van der Waals surface area contributed by atoms with Crippen LogP contribution in [0.4, 0.5) is 0 Å². The molecule has 2 rings (SSSR count). The molecule has 1 aromatic carbocycles. The van der Waals surface area contributed by atoms with Crippen molar-refractivity contribution in [1.82, 2.24) is 15.1 Å². The first-order valence-electron chi connectivity index (χ1n) is 6.79.